The molecule has 2 nitrogen and oxygen atoms in total. The van der Waals surface area contributed by atoms with Crippen molar-refractivity contribution in [2.24, 2.45) is 5.41 Å². The normalized spacial score (nSPS) is 42.4. The van der Waals surface area contributed by atoms with Crippen molar-refractivity contribution in [2.75, 3.05) is 6.61 Å². The van der Waals surface area contributed by atoms with Crippen LogP contribution < -0.4 is 0 Å². The smallest absolute Gasteiger partial charge is 0.164 e. The molecule has 0 saturated carbocycles. The van der Waals surface area contributed by atoms with Crippen molar-refractivity contribution in [2.45, 2.75) is 65.1 Å². The van der Waals surface area contributed by atoms with Crippen LogP contribution in [0, 0.1) is 5.41 Å². The van der Waals surface area contributed by atoms with Gasteiger partial charge in [0.15, 0.2) is 9.28 Å². The van der Waals surface area contributed by atoms with E-state index in [2.05, 4.69) is 32.3 Å². The van der Waals surface area contributed by atoms with Gasteiger partial charge in [-0.15, -0.1) is 0 Å². The summed E-state index contributed by atoms with van der Waals surface area (Å²) in [7, 11) is -0.888. The molecule has 0 bridgehead atoms. The lowest BCUT2D eigenvalue weighted by atomic mass is 9.98. The van der Waals surface area contributed by atoms with E-state index in [1.54, 1.807) is 0 Å². The van der Waals surface area contributed by atoms with Crippen LogP contribution in [-0.4, -0.2) is 41.0 Å². The summed E-state index contributed by atoms with van der Waals surface area (Å²) in [4.78, 5) is 0. The highest BCUT2D eigenvalue weighted by Gasteiger charge is 2.38. The van der Waals surface area contributed by atoms with Crippen LogP contribution >= 0.6 is 0 Å². The van der Waals surface area contributed by atoms with Gasteiger partial charge in [0.1, 0.15) is 8.48 Å². The summed E-state index contributed by atoms with van der Waals surface area (Å²) in [6.45, 7) is 10.7. The van der Waals surface area contributed by atoms with Crippen LogP contribution in [0.2, 0.25) is 6.04 Å². The molecule has 16 heavy (non-hydrogen) atoms. The van der Waals surface area contributed by atoms with Crippen LogP contribution in [0.15, 0.2) is 0 Å². The molecule has 0 aromatic heterocycles. The average molecular weight is 258 g/mol. The summed E-state index contributed by atoms with van der Waals surface area (Å²) in [5.41, 5.74) is 0.457. The van der Waals surface area contributed by atoms with Crippen LogP contribution in [0.3, 0.4) is 0 Å². The Morgan fingerprint density at radius 2 is 1.88 bits per heavy atom. The minimum Gasteiger partial charge on any atom is -0.425 e. The van der Waals surface area contributed by atoms with E-state index in [1.165, 1.54) is 25.3 Å². The lowest BCUT2D eigenvalue weighted by molar-refractivity contribution is 0.166. The van der Waals surface area contributed by atoms with Crippen molar-refractivity contribution in [3.8, 4) is 0 Å². The summed E-state index contributed by atoms with van der Waals surface area (Å²) >= 11 is 0. The van der Waals surface area contributed by atoms with Gasteiger partial charge in [-0.25, -0.2) is 0 Å². The third-order valence-corrected chi connectivity index (χ3v) is 12.5. The van der Waals surface area contributed by atoms with Crippen LogP contribution in [0.25, 0.3) is 0 Å². The van der Waals surface area contributed by atoms with Gasteiger partial charge >= 0.3 is 0 Å². The van der Waals surface area contributed by atoms with Gasteiger partial charge in [0.05, 0.1) is 0 Å². The van der Waals surface area contributed by atoms with E-state index in [0.29, 0.717) is 5.41 Å². The van der Waals surface area contributed by atoms with Gasteiger partial charge in [0.25, 0.3) is 0 Å². The molecule has 3 unspecified atom stereocenters. The molecular formula is C12H27NOSi2. The fourth-order valence-electron chi connectivity index (χ4n) is 3.58. The maximum Gasteiger partial charge on any atom is 0.164 e. The molecule has 2 saturated heterocycles. The Hall–Kier alpha value is 0.354. The first-order valence-electron chi connectivity index (χ1n) is 6.85. The molecule has 2 fully saturated rings. The topological polar surface area (TPSA) is 12.5 Å². The molecule has 2 heterocycles. The minimum absolute atomic E-state index is 0.190. The Bertz CT molecular complexity index is 237. The van der Waals surface area contributed by atoms with Crippen LogP contribution in [0.1, 0.15) is 47.0 Å². The zero-order valence-electron chi connectivity index (χ0n) is 11.3. The Morgan fingerprint density at radius 3 is 2.44 bits per heavy atom. The van der Waals surface area contributed by atoms with Gasteiger partial charge in [-0.05, 0) is 24.3 Å². The monoisotopic (exact) mass is 257 g/mol. The predicted molar refractivity (Wildman–Crippen MR) is 74.8 cm³/mol. The third-order valence-electron chi connectivity index (χ3n) is 4.27. The number of hydrogen-bond acceptors (Lipinski definition) is 2. The molecular weight excluding hydrogens is 230 g/mol. The lowest BCUT2D eigenvalue weighted by Crippen LogP contribution is -2.59. The second-order valence-electron chi connectivity index (χ2n) is 6.61. The summed E-state index contributed by atoms with van der Waals surface area (Å²) in [6, 6.07) is 3.17. The van der Waals surface area contributed by atoms with Gasteiger partial charge in [-0.2, -0.15) is 0 Å². The maximum atomic E-state index is 6.01. The molecule has 0 spiro atoms. The van der Waals surface area contributed by atoms with E-state index < -0.39 is 8.48 Å². The van der Waals surface area contributed by atoms with Crippen LogP contribution in [-0.2, 0) is 4.43 Å². The lowest BCUT2D eigenvalue weighted by Gasteiger charge is -2.47. The van der Waals surface area contributed by atoms with Crippen molar-refractivity contribution in [1.29, 1.82) is 0 Å². The highest BCUT2D eigenvalue weighted by molar-refractivity contribution is 7.08. The number of hydrogen-bond donors (Lipinski definition) is 0. The highest BCUT2D eigenvalue weighted by Crippen LogP contribution is 2.32. The maximum absolute atomic E-state index is 6.01. The average Bonchev–Trinajstić information content (AvgIpc) is 2.15. The Balaban J connectivity index is 2.04. The molecule has 0 aromatic rings. The van der Waals surface area contributed by atoms with Gasteiger partial charge in [-0.1, -0.05) is 34.1 Å². The predicted octanol–water partition coefficient (Wildman–Crippen LogP) is 1.61. The van der Waals surface area contributed by atoms with Crippen molar-refractivity contribution in [3.63, 3.8) is 0 Å². The second-order valence-corrected chi connectivity index (χ2v) is 13.5. The zero-order valence-corrected chi connectivity index (χ0v) is 13.9. The minimum atomic E-state index is -0.698. The summed E-state index contributed by atoms with van der Waals surface area (Å²) in [6.07, 6.45) is 4.27. The number of piperidine rings is 1. The number of rotatable bonds is 1. The van der Waals surface area contributed by atoms with E-state index in [0.717, 1.165) is 18.7 Å². The van der Waals surface area contributed by atoms with Gasteiger partial charge < -0.3 is 8.99 Å². The van der Waals surface area contributed by atoms with Gasteiger partial charge in [0, 0.05) is 18.7 Å². The third kappa shape index (κ3) is 2.78. The molecule has 0 radical (unpaired) electrons. The van der Waals surface area contributed by atoms with Crippen molar-refractivity contribution < 1.29 is 4.43 Å². The van der Waals surface area contributed by atoms with E-state index in [9.17, 15) is 0 Å². The molecule has 2 aliphatic heterocycles. The molecule has 2 aliphatic rings. The Kier molecular flexibility index (Phi) is 3.94. The van der Waals surface area contributed by atoms with E-state index in [1.807, 2.05) is 0 Å². The highest BCUT2D eigenvalue weighted by atomic mass is 29.2. The van der Waals surface area contributed by atoms with Crippen LogP contribution in [0.4, 0.5) is 0 Å². The van der Waals surface area contributed by atoms with Crippen LogP contribution in [0.5, 0.6) is 0 Å². The van der Waals surface area contributed by atoms with E-state index >= 15 is 0 Å². The molecule has 0 N–H and O–H groups in total. The fraction of sp³-hybridized carbons (Fsp3) is 1.00. The Morgan fingerprint density at radius 1 is 1.25 bits per heavy atom. The fourth-order valence-corrected chi connectivity index (χ4v) is 14.7. The van der Waals surface area contributed by atoms with E-state index in [4.69, 9.17) is 4.43 Å². The molecule has 3 atom stereocenters. The largest absolute Gasteiger partial charge is 0.425 e. The summed E-state index contributed by atoms with van der Waals surface area (Å²) in [5, 5.41) is 0. The summed E-state index contributed by atoms with van der Waals surface area (Å²) in [5.74, 6) is 0. The zero-order chi connectivity index (χ0) is 11.8. The van der Waals surface area contributed by atoms with E-state index in [-0.39, 0.29) is 9.28 Å². The molecule has 0 aliphatic carbocycles. The molecule has 94 valence electrons. The standard InChI is InChI=1S/C12H27NOSi2/c1-10-6-5-7-11(2)13(10)16-9-12(3,4)8-14-15-16/h10-11,16H,5-9,15H2,1-4H3. The summed E-state index contributed by atoms with van der Waals surface area (Å²) < 4.78 is 8.93. The van der Waals surface area contributed by atoms with Crippen molar-refractivity contribution in [1.82, 2.24) is 4.57 Å². The van der Waals surface area contributed by atoms with Crippen molar-refractivity contribution >= 4 is 17.8 Å². The first-order chi connectivity index (χ1) is 7.49. The molecule has 0 aromatic carbocycles. The molecule has 0 amide bonds. The number of nitrogens with zero attached hydrogens (tertiary/aromatic N) is 1. The Labute approximate surface area is 104 Å². The van der Waals surface area contributed by atoms with Crippen molar-refractivity contribution in [3.05, 3.63) is 0 Å². The van der Waals surface area contributed by atoms with Gasteiger partial charge in [-0.3, -0.25) is 0 Å². The molecule has 4 heteroatoms. The second kappa shape index (κ2) is 4.92. The quantitative estimate of drug-likeness (QED) is 0.662. The SMILES string of the molecule is CC1CCCC(C)N1[SiH]1CC(C)(C)CO[SiH2]1. The first kappa shape index (κ1) is 12.8. The molecule has 2 rings (SSSR count). The van der Waals surface area contributed by atoms with Gasteiger partial charge in [0.2, 0.25) is 0 Å². The first-order valence-corrected chi connectivity index (χ1v) is 12.0.